The third-order valence-electron chi connectivity index (χ3n) is 5.11. The molecule has 1 aromatic carbocycles. The number of halogens is 3. The van der Waals surface area contributed by atoms with E-state index in [-0.39, 0.29) is 11.3 Å². The Morgan fingerprint density at radius 3 is 1.89 bits per heavy atom. The fraction of sp³-hybridized carbons (Fsp3) is 0.647. The van der Waals surface area contributed by atoms with E-state index in [2.05, 4.69) is 4.18 Å². The van der Waals surface area contributed by atoms with Crippen molar-refractivity contribution in [3.05, 3.63) is 17.7 Å². The third-order valence-corrected chi connectivity index (χ3v) is 8.05. The van der Waals surface area contributed by atoms with Crippen molar-refractivity contribution in [3.8, 4) is 5.75 Å². The molecule has 158 valence electrons. The monoisotopic (exact) mass is 438 g/mol. The molecule has 11 heteroatoms. The van der Waals surface area contributed by atoms with Gasteiger partial charge in [0, 0.05) is 0 Å². The number of rotatable bonds is 4. The lowest BCUT2D eigenvalue weighted by molar-refractivity contribution is -0.0499. The van der Waals surface area contributed by atoms with Crippen molar-refractivity contribution in [1.29, 1.82) is 0 Å². The van der Waals surface area contributed by atoms with Crippen molar-refractivity contribution in [2.75, 3.05) is 0 Å². The maximum absolute atomic E-state index is 12.8. The van der Waals surface area contributed by atoms with Crippen LogP contribution in [0.3, 0.4) is 0 Å². The van der Waals surface area contributed by atoms with Gasteiger partial charge in [0.25, 0.3) is 0 Å². The van der Waals surface area contributed by atoms with E-state index in [1.54, 1.807) is 12.1 Å². The summed E-state index contributed by atoms with van der Waals surface area (Å²) in [6.07, 6.45) is 0. The molecule has 0 aliphatic carbocycles. The van der Waals surface area contributed by atoms with Gasteiger partial charge in [0.1, 0.15) is 5.75 Å². The first kappa shape index (κ1) is 23.2. The molecule has 1 aromatic rings. The largest absolute Gasteiger partial charge is 0.534 e. The van der Waals surface area contributed by atoms with Crippen molar-refractivity contribution in [3.63, 3.8) is 0 Å². The van der Waals surface area contributed by atoms with E-state index in [9.17, 15) is 21.6 Å². The lowest BCUT2D eigenvalue weighted by Crippen LogP contribution is -2.45. The summed E-state index contributed by atoms with van der Waals surface area (Å²) < 4.78 is 78.3. The molecule has 0 amide bonds. The smallest absolute Gasteiger partial charge is 0.399 e. The van der Waals surface area contributed by atoms with Crippen molar-refractivity contribution >= 4 is 36.0 Å². The number of hydrogen-bond acceptors (Lipinski definition) is 5. The SMILES string of the molecule is Cc1cc(B2OC(C)(C)C(C)(C)O2)cc([Si](C)(C)C)c1OS(=O)(=O)C(F)(F)F. The normalized spacial score (nSPS) is 19.8. The Labute approximate surface area is 165 Å². The van der Waals surface area contributed by atoms with Crippen molar-refractivity contribution in [2.24, 2.45) is 0 Å². The summed E-state index contributed by atoms with van der Waals surface area (Å²) >= 11 is 0. The molecule has 0 radical (unpaired) electrons. The predicted molar refractivity (Wildman–Crippen MR) is 105 cm³/mol. The highest BCUT2D eigenvalue weighted by Gasteiger charge is 2.52. The van der Waals surface area contributed by atoms with Crippen LogP contribution in [0.25, 0.3) is 0 Å². The second-order valence-electron chi connectivity index (χ2n) is 9.04. The maximum atomic E-state index is 12.8. The Morgan fingerprint density at radius 1 is 1.04 bits per heavy atom. The first-order valence-corrected chi connectivity index (χ1v) is 13.7. The van der Waals surface area contributed by atoms with Crippen LogP contribution in [0.4, 0.5) is 13.2 Å². The lowest BCUT2D eigenvalue weighted by atomic mass is 9.78. The van der Waals surface area contributed by atoms with Crippen LogP contribution in [0.5, 0.6) is 5.75 Å². The van der Waals surface area contributed by atoms with Gasteiger partial charge < -0.3 is 13.5 Å². The van der Waals surface area contributed by atoms with Gasteiger partial charge in [0.05, 0.1) is 19.3 Å². The van der Waals surface area contributed by atoms with Gasteiger partial charge in [-0.25, -0.2) is 0 Å². The summed E-state index contributed by atoms with van der Waals surface area (Å²) in [5.74, 6) is -0.267. The maximum Gasteiger partial charge on any atom is 0.534 e. The molecule has 1 aliphatic heterocycles. The van der Waals surface area contributed by atoms with E-state index in [4.69, 9.17) is 9.31 Å². The van der Waals surface area contributed by atoms with Gasteiger partial charge in [-0.2, -0.15) is 21.6 Å². The van der Waals surface area contributed by atoms with Gasteiger partial charge in [-0.3, -0.25) is 0 Å². The van der Waals surface area contributed by atoms with Crippen LogP contribution in [0, 0.1) is 6.92 Å². The Morgan fingerprint density at radius 2 is 1.50 bits per heavy atom. The molecule has 0 spiro atoms. The van der Waals surface area contributed by atoms with E-state index >= 15 is 0 Å². The van der Waals surface area contributed by atoms with Crippen LogP contribution in [-0.2, 0) is 19.4 Å². The van der Waals surface area contributed by atoms with Crippen molar-refractivity contribution in [2.45, 2.75) is 71.0 Å². The van der Waals surface area contributed by atoms with Gasteiger partial charge in [-0.15, -0.1) is 0 Å². The molecular weight excluding hydrogens is 412 g/mol. The Kier molecular flexibility index (Phi) is 5.60. The Bertz CT molecular complexity index is 860. The molecule has 1 heterocycles. The number of hydrogen-bond donors (Lipinski definition) is 0. The zero-order chi connectivity index (χ0) is 21.9. The van der Waals surface area contributed by atoms with Crippen molar-refractivity contribution in [1.82, 2.24) is 0 Å². The molecule has 0 atom stereocenters. The van der Waals surface area contributed by atoms with Gasteiger partial charge >= 0.3 is 22.7 Å². The minimum absolute atomic E-state index is 0.267. The molecule has 2 rings (SSSR count). The summed E-state index contributed by atoms with van der Waals surface area (Å²) in [5.41, 5.74) is -5.78. The highest BCUT2D eigenvalue weighted by atomic mass is 32.2. The number of aryl methyl sites for hydroxylation is 1. The molecular formula is C17H26BF3O5SSi. The van der Waals surface area contributed by atoms with Crippen LogP contribution < -0.4 is 14.8 Å². The van der Waals surface area contributed by atoms with Gasteiger partial charge in [0.2, 0.25) is 0 Å². The zero-order valence-corrected chi connectivity index (χ0v) is 19.1. The molecule has 1 aliphatic rings. The summed E-state index contributed by atoms with van der Waals surface area (Å²) in [4.78, 5) is 0. The summed E-state index contributed by atoms with van der Waals surface area (Å²) in [5, 5.41) is 0.449. The molecule has 0 unspecified atom stereocenters. The number of alkyl halides is 3. The van der Waals surface area contributed by atoms with E-state index in [0.29, 0.717) is 10.6 Å². The van der Waals surface area contributed by atoms with Gasteiger partial charge in [-0.1, -0.05) is 31.8 Å². The van der Waals surface area contributed by atoms with Crippen LogP contribution in [-0.4, -0.2) is 40.3 Å². The molecule has 5 nitrogen and oxygen atoms in total. The molecule has 0 N–H and O–H groups in total. The fourth-order valence-corrected chi connectivity index (χ4v) is 4.88. The summed E-state index contributed by atoms with van der Waals surface area (Å²) in [7, 11) is -8.77. The Balaban J connectivity index is 2.57. The van der Waals surface area contributed by atoms with E-state index in [1.807, 2.05) is 47.3 Å². The highest BCUT2D eigenvalue weighted by molar-refractivity contribution is 7.88. The standard InChI is InChI=1S/C17H26BF3O5SSi/c1-11-9-12(18-25-15(2,3)16(4,5)26-18)10-13(28(6,7)8)14(11)24-27(22,23)17(19,20)21/h9-10H,1-8H3. The van der Waals surface area contributed by atoms with Crippen LogP contribution in [0.15, 0.2) is 12.1 Å². The topological polar surface area (TPSA) is 61.8 Å². The lowest BCUT2D eigenvalue weighted by Gasteiger charge is -2.32. The summed E-state index contributed by atoms with van der Waals surface area (Å²) in [6, 6.07) is 3.19. The fourth-order valence-electron chi connectivity index (χ4n) is 2.74. The minimum atomic E-state index is -5.77. The van der Waals surface area contributed by atoms with Crippen LogP contribution >= 0.6 is 0 Å². The minimum Gasteiger partial charge on any atom is -0.399 e. The quantitative estimate of drug-likeness (QED) is 0.411. The third kappa shape index (κ3) is 4.27. The predicted octanol–water partition coefficient (Wildman–Crippen LogP) is 3.07. The number of benzene rings is 1. The second-order valence-corrected chi connectivity index (χ2v) is 15.6. The average Bonchev–Trinajstić information content (AvgIpc) is 2.66. The van der Waals surface area contributed by atoms with Gasteiger partial charge in [-0.05, 0) is 50.8 Å². The summed E-state index contributed by atoms with van der Waals surface area (Å²) in [6.45, 7) is 14.8. The van der Waals surface area contributed by atoms with Crippen LogP contribution in [0.2, 0.25) is 19.6 Å². The van der Waals surface area contributed by atoms with Gasteiger partial charge in [0.15, 0.2) is 0 Å². The molecule has 0 aromatic heterocycles. The highest BCUT2D eigenvalue weighted by Crippen LogP contribution is 2.37. The van der Waals surface area contributed by atoms with E-state index in [1.165, 1.54) is 6.92 Å². The second kappa shape index (κ2) is 6.75. The molecule has 0 saturated carbocycles. The van der Waals surface area contributed by atoms with Crippen molar-refractivity contribution < 1.29 is 35.1 Å². The average molecular weight is 438 g/mol. The first-order valence-electron chi connectivity index (χ1n) is 8.80. The molecule has 0 bridgehead atoms. The van der Waals surface area contributed by atoms with Crippen LogP contribution in [0.1, 0.15) is 33.3 Å². The van der Waals surface area contributed by atoms with E-state index < -0.39 is 42.0 Å². The Hall–Kier alpha value is -1.04. The molecule has 1 saturated heterocycles. The zero-order valence-electron chi connectivity index (χ0n) is 17.3. The van der Waals surface area contributed by atoms with E-state index in [0.717, 1.165) is 0 Å². The molecule has 1 fully saturated rings. The molecule has 28 heavy (non-hydrogen) atoms. The first-order chi connectivity index (χ1) is 12.3.